The average molecular weight is 340 g/mol. The van der Waals surface area contributed by atoms with E-state index in [0.29, 0.717) is 23.7 Å². The summed E-state index contributed by atoms with van der Waals surface area (Å²) in [6, 6.07) is 2.86. The molecule has 1 unspecified atom stereocenters. The molecule has 8 heteroatoms. The normalized spacial score (nSPS) is 11.3. The molecule has 24 heavy (non-hydrogen) atoms. The van der Waals surface area contributed by atoms with Gasteiger partial charge in [-0.3, -0.25) is 4.79 Å². The Labute approximate surface area is 141 Å². The van der Waals surface area contributed by atoms with E-state index in [2.05, 4.69) is 10.6 Å². The maximum absolute atomic E-state index is 11.7. The number of hydrogen-bond acceptors (Lipinski definition) is 5. The van der Waals surface area contributed by atoms with Crippen molar-refractivity contribution in [1.29, 1.82) is 0 Å². The maximum atomic E-state index is 11.7. The highest BCUT2D eigenvalue weighted by atomic mass is 16.5. The molecule has 0 bridgehead atoms. The van der Waals surface area contributed by atoms with Crippen molar-refractivity contribution in [2.75, 3.05) is 27.9 Å². The fourth-order valence-electron chi connectivity index (χ4n) is 2.19. The lowest BCUT2D eigenvalue weighted by Crippen LogP contribution is -2.42. The number of urea groups is 1. The minimum absolute atomic E-state index is 0.0725. The smallest absolute Gasteiger partial charge is 0.315 e. The van der Waals surface area contributed by atoms with Crippen LogP contribution in [-0.4, -0.2) is 51.0 Å². The number of amides is 2. The zero-order valence-electron chi connectivity index (χ0n) is 14.3. The molecule has 0 aromatic heterocycles. The summed E-state index contributed by atoms with van der Waals surface area (Å²) >= 11 is 0. The van der Waals surface area contributed by atoms with Crippen molar-refractivity contribution in [1.82, 2.24) is 10.6 Å². The molecule has 1 aromatic rings. The largest absolute Gasteiger partial charge is 0.496 e. The second-order valence-electron chi connectivity index (χ2n) is 5.16. The fraction of sp³-hybridized carbons (Fsp3) is 0.500. The third kappa shape index (κ3) is 5.86. The van der Waals surface area contributed by atoms with Gasteiger partial charge in [0.15, 0.2) is 0 Å². The number of aliphatic carboxylic acids is 1. The molecule has 0 fully saturated rings. The van der Waals surface area contributed by atoms with Crippen LogP contribution >= 0.6 is 0 Å². The minimum atomic E-state index is -0.962. The predicted molar refractivity (Wildman–Crippen MR) is 88.1 cm³/mol. The van der Waals surface area contributed by atoms with E-state index in [0.717, 1.165) is 5.56 Å². The SMILES string of the molecule is COc1cc(OC)c(CC(C)NC(=O)NCCC(=O)O)c(OC)c1. The number of carboxylic acids is 1. The Hall–Kier alpha value is -2.64. The van der Waals surface area contributed by atoms with Crippen LogP contribution in [0.2, 0.25) is 0 Å². The molecule has 0 radical (unpaired) electrons. The number of rotatable bonds is 9. The number of nitrogens with one attached hydrogen (secondary N) is 2. The molecule has 0 aliphatic heterocycles. The van der Waals surface area contributed by atoms with Crippen molar-refractivity contribution in [2.24, 2.45) is 0 Å². The molecule has 0 saturated carbocycles. The lowest BCUT2D eigenvalue weighted by molar-refractivity contribution is -0.136. The van der Waals surface area contributed by atoms with Crippen LogP contribution in [0.25, 0.3) is 0 Å². The highest BCUT2D eigenvalue weighted by Crippen LogP contribution is 2.34. The van der Waals surface area contributed by atoms with Gasteiger partial charge in [0.25, 0.3) is 0 Å². The topological polar surface area (TPSA) is 106 Å². The maximum Gasteiger partial charge on any atom is 0.315 e. The number of ether oxygens (including phenoxy) is 3. The lowest BCUT2D eigenvalue weighted by atomic mass is 10.0. The summed E-state index contributed by atoms with van der Waals surface area (Å²) < 4.78 is 15.9. The van der Waals surface area contributed by atoms with Gasteiger partial charge in [-0.2, -0.15) is 0 Å². The van der Waals surface area contributed by atoms with E-state index in [1.165, 1.54) is 0 Å². The molecule has 0 saturated heterocycles. The van der Waals surface area contributed by atoms with Crippen molar-refractivity contribution in [2.45, 2.75) is 25.8 Å². The summed E-state index contributed by atoms with van der Waals surface area (Å²) in [7, 11) is 4.66. The van der Waals surface area contributed by atoms with Crippen LogP contribution < -0.4 is 24.8 Å². The van der Waals surface area contributed by atoms with Gasteiger partial charge >= 0.3 is 12.0 Å². The van der Waals surface area contributed by atoms with Gasteiger partial charge in [-0.25, -0.2) is 4.79 Å². The Bertz CT molecular complexity index is 551. The molecular formula is C16H24N2O6. The second-order valence-corrected chi connectivity index (χ2v) is 5.16. The van der Waals surface area contributed by atoms with E-state index >= 15 is 0 Å². The summed E-state index contributed by atoms with van der Waals surface area (Å²) in [6.07, 6.45) is 0.352. The molecule has 0 aliphatic carbocycles. The van der Waals surface area contributed by atoms with E-state index in [1.807, 2.05) is 6.92 Å². The van der Waals surface area contributed by atoms with Crippen LogP contribution in [0.4, 0.5) is 4.79 Å². The number of benzene rings is 1. The zero-order valence-corrected chi connectivity index (χ0v) is 14.3. The number of carbonyl (C=O) groups is 2. The van der Waals surface area contributed by atoms with Gasteiger partial charge in [0.05, 0.1) is 27.8 Å². The zero-order chi connectivity index (χ0) is 18.1. The third-order valence-corrected chi connectivity index (χ3v) is 3.33. The van der Waals surface area contributed by atoms with E-state index in [1.54, 1.807) is 33.5 Å². The molecule has 1 atom stereocenters. The van der Waals surface area contributed by atoms with Gasteiger partial charge in [-0.05, 0) is 13.3 Å². The van der Waals surface area contributed by atoms with Crippen molar-refractivity contribution in [3.05, 3.63) is 17.7 Å². The quantitative estimate of drug-likeness (QED) is 0.628. The average Bonchev–Trinajstić information content (AvgIpc) is 2.54. The van der Waals surface area contributed by atoms with E-state index < -0.39 is 12.0 Å². The van der Waals surface area contributed by atoms with Gasteiger partial charge in [0, 0.05) is 30.3 Å². The number of carboxylic acid groups (broad SMARTS) is 1. The van der Waals surface area contributed by atoms with Gasteiger partial charge < -0.3 is 30.0 Å². The van der Waals surface area contributed by atoms with Crippen LogP contribution in [0.1, 0.15) is 18.9 Å². The van der Waals surface area contributed by atoms with Crippen LogP contribution in [0, 0.1) is 0 Å². The van der Waals surface area contributed by atoms with Gasteiger partial charge in [0.1, 0.15) is 17.2 Å². The van der Waals surface area contributed by atoms with Crippen LogP contribution in [0.3, 0.4) is 0 Å². The predicted octanol–water partition coefficient (Wildman–Crippen LogP) is 1.42. The lowest BCUT2D eigenvalue weighted by Gasteiger charge is -2.19. The first kappa shape index (κ1) is 19.4. The first-order valence-electron chi connectivity index (χ1n) is 7.46. The van der Waals surface area contributed by atoms with Crippen molar-refractivity contribution >= 4 is 12.0 Å². The summed E-state index contributed by atoms with van der Waals surface area (Å²) in [5, 5.41) is 13.8. The molecule has 3 N–H and O–H groups in total. The van der Waals surface area contributed by atoms with Crippen LogP contribution in [0.15, 0.2) is 12.1 Å². The fourth-order valence-corrected chi connectivity index (χ4v) is 2.19. The summed E-state index contributed by atoms with van der Waals surface area (Å²) in [6.45, 7) is 1.91. The first-order chi connectivity index (χ1) is 11.4. The summed E-state index contributed by atoms with van der Waals surface area (Å²) in [4.78, 5) is 22.2. The molecule has 8 nitrogen and oxygen atoms in total. The Kier molecular flexibility index (Phi) is 7.67. The Morgan fingerprint density at radius 2 is 1.71 bits per heavy atom. The Balaban J connectivity index is 2.73. The van der Waals surface area contributed by atoms with Gasteiger partial charge in [0.2, 0.25) is 0 Å². The molecule has 134 valence electrons. The van der Waals surface area contributed by atoms with Crippen LogP contribution in [0.5, 0.6) is 17.2 Å². The van der Waals surface area contributed by atoms with Gasteiger partial charge in [-0.15, -0.1) is 0 Å². The van der Waals surface area contributed by atoms with Crippen molar-refractivity contribution < 1.29 is 28.9 Å². The van der Waals surface area contributed by atoms with Gasteiger partial charge in [-0.1, -0.05) is 0 Å². The molecular weight excluding hydrogens is 316 g/mol. The van der Waals surface area contributed by atoms with Crippen molar-refractivity contribution in [3.63, 3.8) is 0 Å². The first-order valence-corrected chi connectivity index (χ1v) is 7.46. The molecule has 0 aliphatic rings. The highest BCUT2D eigenvalue weighted by Gasteiger charge is 2.17. The van der Waals surface area contributed by atoms with Crippen LogP contribution in [-0.2, 0) is 11.2 Å². The Morgan fingerprint density at radius 3 is 2.17 bits per heavy atom. The Morgan fingerprint density at radius 1 is 1.12 bits per heavy atom. The van der Waals surface area contributed by atoms with E-state index in [4.69, 9.17) is 19.3 Å². The number of methoxy groups -OCH3 is 3. The van der Waals surface area contributed by atoms with E-state index in [9.17, 15) is 9.59 Å². The molecule has 0 heterocycles. The van der Waals surface area contributed by atoms with Crippen molar-refractivity contribution in [3.8, 4) is 17.2 Å². The highest BCUT2D eigenvalue weighted by molar-refractivity contribution is 5.75. The number of carbonyl (C=O) groups excluding carboxylic acids is 1. The third-order valence-electron chi connectivity index (χ3n) is 3.33. The molecule has 1 aromatic carbocycles. The van der Waals surface area contributed by atoms with E-state index in [-0.39, 0.29) is 19.0 Å². The second kappa shape index (κ2) is 9.49. The summed E-state index contributed by atoms with van der Waals surface area (Å²) in [5.41, 5.74) is 0.805. The monoisotopic (exact) mass is 340 g/mol. The minimum Gasteiger partial charge on any atom is -0.496 e. The molecule has 1 rings (SSSR count). The molecule has 0 spiro atoms. The summed E-state index contributed by atoms with van der Waals surface area (Å²) in [5.74, 6) is 0.854. The standard InChI is InChI=1S/C16H24N2O6/c1-10(18-16(21)17-6-5-15(19)20)7-12-13(23-3)8-11(22-2)9-14(12)24-4/h8-10H,5-7H2,1-4H3,(H,19,20)(H2,17,18,21). The number of hydrogen-bond donors (Lipinski definition) is 3. The molecule has 2 amide bonds.